The lowest BCUT2D eigenvalue weighted by atomic mass is 9.82. The zero-order valence-corrected chi connectivity index (χ0v) is 11.3. The highest BCUT2D eigenvalue weighted by Gasteiger charge is 2.39. The van der Waals surface area contributed by atoms with Gasteiger partial charge in [0.2, 0.25) is 5.91 Å². The van der Waals surface area contributed by atoms with Crippen molar-refractivity contribution in [3.05, 3.63) is 0 Å². The second kappa shape index (κ2) is 5.38. The fraction of sp³-hybridized carbons (Fsp3) is 0.929. The third kappa shape index (κ3) is 2.65. The predicted octanol–water partition coefficient (Wildman–Crippen LogP) is 2.51. The molecule has 1 amide bonds. The number of nitrogens with one attached hydrogen (secondary N) is 1. The van der Waals surface area contributed by atoms with Crippen molar-refractivity contribution in [2.24, 2.45) is 5.41 Å². The molecule has 1 atom stereocenters. The molecule has 1 aliphatic carbocycles. The Kier molecular flexibility index (Phi) is 4.08. The molecule has 0 aromatic rings. The van der Waals surface area contributed by atoms with Gasteiger partial charge in [0.05, 0.1) is 12.7 Å². The summed E-state index contributed by atoms with van der Waals surface area (Å²) in [5.74, 6) is 0.308. The van der Waals surface area contributed by atoms with Crippen LogP contribution in [0.4, 0.5) is 0 Å². The predicted molar refractivity (Wildman–Crippen MR) is 69.6 cm³/mol. The summed E-state index contributed by atoms with van der Waals surface area (Å²) in [6.07, 6.45) is 9.07. The zero-order chi connectivity index (χ0) is 12.3. The van der Waals surface area contributed by atoms with Crippen molar-refractivity contribution in [3.8, 4) is 0 Å². The quantitative estimate of drug-likeness (QED) is 0.798. The van der Waals surface area contributed by atoms with Crippen LogP contribution in [0.3, 0.4) is 0 Å². The van der Waals surface area contributed by atoms with Gasteiger partial charge in [0.15, 0.2) is 0 Å². The van der Waals surface area contributed by atoms with Crippen molar-refractivity contribution in [2.75, 3.05) is 13.1 Å². The number of amides is 1. The molecule has 3 nitrogen and oxygen atoms in total. The second-order valence-electron chi connectivity index (χ2n) is 5.77. The number of nitrogens with zero attached hydrogens (tertiary/aromatic N) is 1. The molecule has 1 aliphatic heterocycles. The van der Waals surface area contributed by atoms with Crippen LogP contribution in [0.5, 0.6) is 0 Å². The molecular weight excluding hydrogens is 212 g/mol. The number of hydrogen-bond acceptors (Lipinski definition) is 2. The van der Waals surface area contributed by atoms with E-state index in [4.69, 9.17) is 0 Å². The molecule has 1 saturated carbocycles. The molecule has 2 rings (SSSR count). The van der Waals surface area contributed by atoms with Gasteiger partial charge in [-0.05, 0) is 31.1 Å². The molecule has 2 fully saturated rings. The second-order valence-corrected chi connectivity index (χ2v) is 5.77. The van der Waals surface area contributed by atoms with Gasteiger partial charge >= 0.3 is 0 Å². The van der Waals surface area contributed by atoms with Gasteiger partial charge in [-0.3, -0.25) is 10.1 Å². The minimum Gasteiger partial charge on any atom is -0.325 e. The first-order chi connectivity index (χ1) is 8.21. The normalized spacial score (nSPS) is 28.0. The van der Waals surface area contributed by atoms with E-state index >= 15 is 0 Å². The molecule has 0 bridgehead atoms. The maximum Gasteiger partial charge on any atom is 0.237 e. The lowest BCUT2D eigenvalue weighted by molar-refractivity contribution is -0.129. The highest BCUT2D eigenvalue weighted by molar-refractivity contribution is 5.80. The molecular formula is C14H26N2O. The number of carbonyl (C=O) groups is 1. The fourth-order valence-electron chi connectivity index (χ4n) is 3.43. The summed E-state index contributed by atoms with van der Waals surface area (Å²) in [5, 5.41) is 3.35. The Morgan fingerprint density at radius 1 is 1.35 bits per heavy atom. The molecule has 1 heterocycles. The lowest BCUT2D eigenvalue weighted by Gasteiger charge is -2.35. The van der Waals surface area contributed by atoms with Crippen molar-refractivity contribution < 1.29 is 4.79 Å². The van der Waals surface area contributed by atoms with Gasteiger partial charge in [-0.15, -0.1) is 0 Å². The Labute approximate surface area is 105 Å². The van der Waals surface area contributed by atoms with Crippen molar-refractivity contribution in [3.63, 3.8) is 0 Å². The molecule has 0 radical (unpaired) electrons. The zero-order valence-electron chi connectivity index (χ0n) is 11.3. The van der Waals surface area contributed by atoms with Crippen molar-refractivity contribution in [1.82, 2.24) is 10.2 Å². The molecule has 1 N–H and O–H groups in total. The van der Waals surface area contributed by atoms with Gasteiger partial charge in [0, 0.05) is 6.54 Å². The van der Waals surface area contributed by atoms with E-state index in [1.807, 2.05) is 0 Å². The topological polar surface area (TPSA) is 32.3 Å². The smallest absolute Gasteiger partial charge is 0.237 e. The van der Waals surface area contributed by atoms with Crippen molar-refractivity contribution in [1.29, 1.82) is 0 Å². The average Bonchev–Trinajstić information content (AvgIpc) is 2.92. The van der Waals surface area contributed by atoms with E-state index in [1.54, 1.807) is 0 Å². The van der Waals surface area contributed by atoms with E-state index in [2.05, 4.69) is 24.1 Å². The van der Waals surface area contributed by atoms with Crippen LogP contribution in [-0.2, 0) is 4.79 Å². The van der Waals surface area contributed by atoms with Crippen LogP contribution in [0.1, 0.15) is 58.8 Å². The molecule has 0 spiro atoms. The molecule has 0 aromatic heterocycles. The fourth-order valence-corrected chi connectivity index (χ4v) is 3.43. The van der Waals surface area contributed by atoms with Gasteiger partial charge in [-0.1, -0.05) is 33.1 Å². The van der Waals surface area contributed by atoms with Crippen LogP contribution >= 0.6 is 0 Å². The van der Waals surface area contributed by atoms with Gasteiger partial charge in [0.25, 0.3) is 0 Å². The van der Waals surface area contributed by atoms with Crippen LogP contribution in [0, 0.1) is 5.41 Å². The summed E-state index contributed by atoms with van der Waals surface area (Å²) in [7, 11) is 0. The third-order valence-corrected chi connectivity index (χ3v) is 4.67. The number of carbonyl (C=O) groups excluding carboxylic acids is 1. The maximum absolute atomic E-state index is 12.0. The Balaban J connectivity index is 2.01. The Bertz CT molecular complexity index is 271. The standard InChI is InChI=1S/C14H26N2O/c1-3-7-12-15-10-13(17)16(12)11-14(4-2)8-5-6-9-14/h12,15H,3-11H2,1-2H3. The summed E-state index contributed by atoms with van der Waals surface area (Å²) in [6.45, 7) is 6.01. The van der Waals surface area contributed by atoms with Crippen LogP contribution < -0.4 is 5.32 Å². The highest BCUT2D eigenvalue weighted by atomic mass is 16.2. The van der Waals surface area contributed by atoms with Gasteiger partial charge in [0.1, 0.15) is 0 Å². The van der Waals surface area contributed by atoms with Crippen molar-refractivity contribution >= 4 is 5.91 Å². The lowest BCUT2D eigenvalue weighted by Crippen LogP contribution is -2.43. The summed E-state index contributed by atoms with van der Waals surface area (Å²) >= 11 is 0. The molecule has 1 unspecified atom stereocenters. The molecule has 17 heavy (non-hydrogen) atoms. The molecule has 2 aliphatic rings. The monoisotopic (exact) mass is 238 g/mol. The average molecular weight is 238 g/mol. The number of rotatable bonds is 5. The van der Waals surface area contributed by atoms with E-state index in [0.717, 1.165) is 19.4 Å². The highest BCUT2D eigenvalue weighted by Crippen LogP contribution is 2.42. The maximum atomic E-state index is 12.0. The van der Waals surface area contributed by atoms with Crippen molar-refractivity contribution in [2.45, 2.75) is 65.0 Å². The molecule has 3 heteroatoms. The minimum atomic E-state index is 0.302. The van der Waals surface area contributed by atoms with Gasteiger partial charge in [-0.2, -0.15) is 0 Å². The van der Waals surface area contributed by atoms with E-state index in [-0.39, 0.29) is 0 Å². The van der Waals surface area contributed by atoms with Crippen LogP contribution in [0.15, 0.2) is 0 Å². The van der Waals surface area contributed by atoms with Crippen LogP contribution in [0.25, 0.3) is 0 Å². The molecule has 0 aromatic carbocycles. The van der Waals surface area contributed by atoms with E-state index in [1.165, 1.54) is 32.1 Å². The van der Waals surface area contributed by atoms with Gasteiger partial charge < -0.3 is 4.90 Å². The Hall–Kier alpha value is -0.570. The first-order valence-corrected chi connectivity index (χ1v) is 7.23. The first-order valence-electron chi connectivity index (χ1n) is 7.23. The summed E-state index contributed by atoms with van der Waals surface area (Å²) in [4.78, 5) is 14.1. The number of hydrogen-bond donors (Lipinski definition) is 1. The van der Waals surface area contributed by atoms with Crippen LogP contribution in [0.2, 0.25) is 0 Å². The largest absolute Gasteiger partial charge is 0.325 e. The van der Waals surface area contributed by atoms with Crippen LogP contribution in [-0.4, -0.2) is 30.1 Å². The Morgan fingerprint density at radius 2 is 2.06 bits per heavy atom. The van der Waals surface area contributed by atoms with E-state index in [0.29, 0.717) is 24.0 Å². The van der Waals surface area contributed by atoms with Gasteiger partial charge in [-0.25, -0.2) is 0 Å². The SMILES string of the molecule is CCCC1NCC(=O)N1CC1(CC)CCCC1. The first kappa shape index (κ1) is 12.9. The minimum absolute atomic E-state index is 0.302. The molecule has 1 saturated heterocycles. The van der Waals surface area contributed by atoms with E-state index in [9.17, 15) is 4.79 Å². The summed E-state index contributed by atoms with van der Waals surface area (Å²) in [5.41, 5.74) is 0.424. The Morgan fingerprint density at radius 3 is 2.65 bits per heavy atom. The summed E-state index contributed by atoms with van der Waals surface area (Å²) in [6, 6.07) is 0. The van der Waals surface area contributed by atoms with E-state index < -0.39 is 0 Å². The summed E-state index contributed by atoms with van der Waals surface area (Å²) < 4.78 is 0. The molecule has 98 valence electrons. The third-order valence-electron chi connectivity index (χ3n) is 4.67.